The van der Waals surface area contributed by atoms with Crippen LogP contribution >= 0.6 is 15.9 Å². The van der Waals surface area contributed by atoms with E-state index in [0.717, 1.165) is 10.0 Å². The van der Waals surface area contributed by atoms with Crippen LogP contribution in [0.2, 0.25) is 0 Å². The number of nitrogens with one attached hydrogen (secondary N) is 1. The van der Waals surface area contributed by atoms with Crippen molar-refractivity contribution in [3.8, 4) is 0 Å². The van der Waals surface area contributed by atoms with E-state index in [9.17, 15) is 4.79 Å². The summed E-state index contributed by atoms with van der Waals surface area (Å²) >= 11 is 3.35. The van der Waals surface area contributed by atoms with Gasteiger partial charge in [0.05, 0.1) is 13.7 Å². The van der Waals surface area contributed by atoms with Crippen molar-refractivity contribution < 1.29 is 9.63 Å². The Morgan fingerprint density at radius 1 is 1.15 bits per heavy atom. The van der Waals surface area contributed by atoms with Gasteiger partial charge in [-0.25, -0.2) is 4.79 Å². The number of hydrogen-bond acceptors (Lipinski definition) is 2. The largest absolute Gasteiger partial charge is 0.346 e. The molecule has 4 nitrogen and oxygen atoms in total. The topological polar surface area (TPSA) is 41.6 Å². The second kappa shape index (κ2) is 7.07. The number of urea groups is 1. The Hall–Kier alpha value is -1.85. The highest BCUT2D eigenvalue weighted by atomic mass is 79.9. The number of anilines is 1. The lowest BCUT2D eigenvalue weighted by Crippen LogP contribution is -2.33. The number of hydrogen-bond donors (Lipinski definition) is 1. The number of amides is 2. The summed E-state index contributed by atoms with van der Waals surface area (Å²) in [7, 11) is 1.48. The van der Waals surface area contributed by atoms with E-state index in [1.54, 1.807) is 0 Å². The van der Waals surface area contributed by atoms with Crippen molar-refractivity contribution in [3.63, 3.8) is 0 Å². The van der Waals surface area contributed by atoms with Gasteiger partial charge in [0.2, 0.25) is 0 Å². The summed E-state index contributed by atoms with van der Waals surface area (Å²) in [5, 5.41) is 4.06. The van der Waals surface area contributed by atoms with Crippen molar-refractivity contribution >= 4 is 27.6 Å². The van der Waals surface area contributed by atoms with Crippen LogP contribution in [0.3, 0.4) is 0 Å². The monoisotopic (exact) mass is 334 g/mol. The first kappa shape index (κ1) is 14.6. The summed E-state index contributed by atoms with van der Waals surface area (Å²) in [6, 6.07) is 16.7. The van der Waals surface area contributed by atoms with E-state index in [-0.39, 0.29) is 6.03 Å². The van der Waals surface area contributed by atoms with E-state index < -0.39 is 0 Å². The molecule has 0 bridgehead atoms. The second-order valence-electron chi connectivity index (χ2n) is 4.14. The molecule has 0 atom stereocenters. The Bertz CT molecular complexity index is 558. The van der Waals surface area contributed by atoms with Crippen LogP contribution in [0.25, 0.3) is 0 Å². The highest BCUT2D eigenvalue weighted by molar-refractivity contribution is 9.10. The SMILES string of the molecule is CON(Cc1ccccc1)C(=O)Nc1ccc(Br)cc1. The summed E-state index contributed by atoms with van der Waals surface area (Å²) in [5.41, 5.74) is 1.72. The minimum Gasteiger partial charge on any atom is -0.306 e. The van der Waals surface area contributed by atoms with E-state index in [4.69, 9.17) is 4.84 Å². The number of carbonyl (C=O) groups is 1. The van der Waals surface area contributed by atoms with Gasteiger partial charge in [-0.2, -0.15) is 5.06 Å². The maximum Gasteiger partial charge on any atom is 0.346 e. The van der Waals surface area contributed by atoms with E-state index in [1.165, 1.54) is 12.2 Å². The van der Waals surface area contributed by atoms with Crippen molar-refractivity contribution in [3.05, 3.63) is 64.6 Å². The van der Waals surface area contributed by atoms with E-state index in [2.05, 4.69) is 21.2 Å². The lowest BCUT2D eigenvalue weighted by atomic mass is 10.2. The van der Waals surface area contributed by atoms with Crippen LogP contribution in [0.1, 0.15) is 5.56 Å². The quantitative estimate of drug-likeness (QED) is 0.857. The molecule has 2 aromatic carbocycles. The summed E-state index contributed by atoms with van der Waals surface area (Å²) in [6.07, 6.45) is 0. The average molecular weight is 335 g/mol. The van der Waals surface area contributed by atoms with Crippen LogP contribution in [-0.4, -0.2) is 18.2 Å². The smallest absolute Gasteiger partial charge is 0.306 e. The molecule has 0 saturated heterocycles. The van der Waals surface area contributed by atoms with Crippen LogP contribution in [-0.2, 0) is 11.4 Å². The Balaban J connectivity index is 2.00. The standard InChI is InChI=1S/C15H15BrN2O2/c1-20-18(11-12-5-3-2-4-6-12)15(19)17-14-9-7-13(16)8-10-14/h2-10H,11H2,1H3,(H,17,19). The zero-order valence-corrected chi connectivity index (χ0v) is 12.6. The first-order chi connectivity index (χ1) is 9.69. The predicted octanol–water partition coefficient (Wildman–Crippen LogP) is 4.04. The fraction of sp³-hybridized carbons (Fsp3) is 0.133. The van der Waals surface area contributed by atoms with Crippen molar-refractivity contribution in [2.24, 2.45) is 0 Å². The molecule has 0 aliphatic rings. The molecule has 2 amide bonds. The van der Waals surface area contributed by atoms with Crippen LogP contribution in [0, 0.1) is 0 Å². The number of nitrogens with zero attached hydrogens (tertiary/aromatic N) is 1. The van der Waals surface area contributed by atoms with Crippen LogP contribution in [0.5, 0.6) is 0 Å². The molecule has 0 unspecified atom stereocenters. The van der Waals surface area contributed by atoms with Gasteiger partial charge in [0.25, 0.3) is 0 Å². The molecule has 20 heavy (non-hydrogen) atoms. The highest BCUT2D eigenvalue weighted by Crippen LogP contribution is 2.15. The molecular formula is C15H15BrN2O2. The van der Waals surface area contributed by atoms with E-state index in [0.29, 0.717) is 12.2 Å². The minimum absolute atomic E-state index is 0.307. The van der Waals surface area contributed by atoms with Gasteiger partial charge < -0.3 is 5.32 Å². The molecule has 0 fully saturated rings. The molecule has 0 radical (unpaired) electrons. The van der Waals surface area contributed by atoms with E-state index in [1.807, 2.05) is 54.6 Å². The van der Waals surface area contributed by atoms with E-state index >= 15 is 0 Å². The maximum absolute atomic E-state index is 12.1. The molecule has 5 heteroatoms. The summed E-state index contributed by atoms with van der Waals surface area (Å²) in [4.78, 5) is 17.2. The third-order valence-electron chi connectivity index (χ3n) is 2.71. The molecule has 1 N–H and O–H groups in total. The van der Waals surface area contributed by atoms with Gasteiger partial charge in [0.15, 0.2) is 0 Å². The number of hydroxylamine groups is 2. The van der Waals surface area contributed by atoms with Gasteiger partial charge in [-0.05, 0) is 29.8 Å². The van der Waals surface area contributed by atoms with Gasteiger partial charge in [-0.3, -0.25) is 4.84 Å². The Morgan fingerprint density at radius 2 is 1.80 bits per heavy atom. The second-order valence-corrected chi connectivity index (χ2v) is 5.06. The Kier molecular flexibility index (Phi) is 5.15. The molecular weight excluding hydrogens is 320 g/mol. The summed E-state index contributed by atoms with van der Waals surface area (Å²) in [5.74, 6) is 0. The van der Waals surface area contributed by atoms with Crippen LogP contribution < -0.4 is 5.32 Å². The van der Waals surface area contributed by atoms with Gasteiger partial charge in [-0.15, -0.1) is 0 Å². The Morgan fingerprint density at radius 3 is 2.40 bits per heavy atom. The lowest BCUT2D eigenvalue weighted by Gasteiger charge is -2.20. The lowest BCUT2D eigenvalue weighted by molar-refractivity contribution is -0.0886. The van der Waals surface area contributed by atoms with Crippen molar-refractivity contribution in [1.29, 1.82) is 0 Å². The normalized spacial score (nSPS) is 10.1. The molecule has 0 saturated carbocycles. The Labute approximate surface area is 126 Å². The number of halogens is 1. The van der Waals surface area contributed by atoms with Gasteiger partial charge in [0, 0.05) is 10.2 Å². The molecule has 104 valence electrons. The maximum atomic E-state index is 12.1. The first-order valence-electron chi connectivity index (χ1n) is 6.11. The highest BCUT2D eigenvalue weighted by Gasteiger charge is 2.13. The molecule has 0 aliphatic heterocycles. The molecule has 2 aromatic rings. The average Bonchev–Trinajstić information content (AvgIpc) is 2.48. The third-order valence-corrected chi connectivity index (χ3v) is 3.24. The number of rotatable bonds is 4. The fourth-order valence-electron chi connectivity index (χ4n) is 1.69. The number of benzene rings is 2. The van der Waals surface area contributed by atoms with Gasteiger partial charge in [-0.1, -0.05) is 46.3 Å². The fourth-order valence-corrected chi connectivity index (χ4v) is 1.95. The molecule has 0 aromatic heterocycles. The molecule has 0 heterocycles. The first-order valence-corrected chi connectivity index (χ1v) is 6.90. The van der Waals surface area contributed by atoms with Crippen molar-refractivity contribution in [2.75, 3.05) is 12.4 Å². The van der Waals surface area contributed by atoms with Gasteiger partial charge >= 0.3 is 6.03 Å². The number of carbonyl (C=O) groups excluding carboxylic acids is 1. The van der Waals surface area contributed by atoms with Crippen molar-refractivity contribution in [2.45, 2.75) is 6.54 Å². The minimum atomic E-state index is -0.307. The molecule has 0 aliphatic carbocycles. The third kappa shape index (κ3) is 4.08. The zero-order chi connectivity index (χ0) is 14.4. The van der Waals surface area contributed by atoms with Crippen LogP contribution in [0.4, 0.5) is 10.5 Å². The van der Waals surface area contributed by atoms with Gasteiger partial charge in [0.1, 0.15) is 0 Å². The predicted molar refractivity (Wildman–Crippen MR) is 82.2 cm³/mol. The summed E-state index contributed by atoms with van der Waals surface area (Å²) in [6.45, 7) is 0.389. The van der Waals surface area contributed by atoms with Crippen LogP contribution in [0.15, 0.2) is 59.1 Å². The summed E-state index contributed by atoms with van der Waals surface area (Å²) < 4.78 is 0.961. The van der Waals surface area contributed by atoms with Crippen molar-refractivity contribution in [1.82, 2.24) is 5.06 Å². The zero-order valence-electron chi connectivity index (χ0n) is 11.0. The molecule has 0 spiro atoms. The molecule has 2 rings (SSSR count).